The van der Waals surface area contributed by atoms with E-state index in [4.69, 9.17) is 23.2 Å². The maximum absolute atomic E-state index is 12.8. The largest absolute Gasteiger partial charge is 0.380 e. The minimum absolute atomic E-state index is 0.0204. The third-order valence-corrected chi connectivity index (χ3v) is 6.91. The summed E-state index contributed by atoms with van der Waals surface area (Å²) in [6.45, 7) is 0.0204. The summed E-state index contributed by atoms with van der Waals surface area (Å²) in [6.07, 6.45) is 3.56. The van der Waals surface area contributed by atoms with E-state index in [0.717, 1.165) is 11.1 Å². The zero-order valence-corrected chi connectivity index (χ0v) is 19.3. The topological polar surface area (TPSA) is 86.3 Å². The van der Waals surface area contributed by atoms with Crippen molar-refractivity contribution in [1.29, 1.82) is 0 Å². The predicted octanol–water partition coefficient (Wildman–Crippen LogP) is 5.31. The smallest absolute Gasteiger partial charge is 0.261 e. The molecule has 0 saturated carbocycles. The molecule has 2 N–H and O–H groups in total. The molecule has 0 fully saturated rings. The van der Waals surface area contributed by atoms with Gasteiger partial charge in [-0.05, 0) is 41.0 Å². The Labute approximate surface area is 205 Å². The first-order valence-corrected chi connectivity index (χ1v) is 11.4. The Morgan fingerprint density at radius 2 is 1.50 bits per heavy atom. The van der Waals surface area contributed by atoms with Gasteiger partial charge < -0.3 is 5.11 Å². The van der Waals surface area contributed by atoms with Crippen molar-refractivity contribution in [2.45, 2.75) is 12.0 Å². The first-order valence-electron chi connectivity index (χ1n) is 10.6. The van der Waals surface area contributed by atoms with Crippen LogP contribution in [0, 0.1) is 0 Å². The molecule has 2 amide bonds. The van der Waals surface area contributed by atoms with E-state index in [9.17, 15) is 14.7 Å². The molecule has 0 saturated heterocycles. The van der Waals surface area contributed by atoms with Gasteiger partial charge in [0.1, 0.15) is 5.60 Å². The highest BCUT2D eigenvalue weighted by molar-refractivity contribution is 6.42. The molecule has 170 valence electrons. The van der Waals surface area contributed by atoms with Crippen molar-refractivity contribution in [3.8, 4) is 11.1 Å². The molecule has 4 aromatic rings. The Kier molecular flexibility index (Phi) is 5.73. The molecule has 6 nitrogen and oxygen atoms in total. The van der Waals surface area contributed by atoms with Gasteiger partial charge >= 0.3 is 0 Å². The SMILES string of the molecule is O=C1c2ccccc2C(=O)N1CCC(O)(c1ccc(-c2cn[nH]c2)cc1)c1ccc(Cl)c(Cl)c1. The summed E-state index contributed by atoms with van der Waals surface area (Å²) in [4.78, 5) is 26.9. The molecule has 0 radical (unpaired) electrons. The molecule has 34 heavy (non-hydrogen) atoms. The zero-order valence-electron chi connectivity index (χ0n) is 17.8. The summed E-state index contributed by atoms with van der Waals surface area (Å²) in [5.74, 6) is -0.736. The van der Waals surface area contributed by atoms with Gasteiger partial charge in [0, 0.05) is 24.7 Å². The Hall–Kier alpha value is -3.45. The summed E-state index contributed by atoms with van der Waals surface area (Å²) >= 11 is 12.4. The summed E-state index contributed by atoms with van der Waals surface area (Å²) < 4.78 is 0. The van der Waals surface area contributed by atoms with Crippen LogP contribution in [0.5, 0.6) is 0 Å². The fourth-order valence-electron chi connectivity index (χ4n) is 4.27. The van der Waals surface area contributed by atoms with Gasteiger partial charge in [0.05, 0.1) is 27.4 Å². The quantitative estimate of drug-likeness (QED) is 0.358. The molecular formula is C26H19Cl2N3O3. The molecule has 5 rings (SSSR count). The molecule has 1 aliphatic heterocycles. The fourth-order valence-corrected chi connectivity index (χ4v) is 4.57. The van der Waals surface area contributed by atoms with Crippen molar-refractivity contribution >= 4 is 35.0 Å². The van der Waals surface area contributed by atoms with E-state index >= 15 is 0 Å². The number of nitrogens with one attached hydrogen (secondary N) is 1. The number of aromatic nitrogens is 2. The van der Waals surface area contributed by atoms with Gasteiger partial charge in [-0.1, -0.05) is 65.7 Å². The van der Waals surface area contributed by atoms with Gasteiger partial charge in [-0.15, -0.1) is 0 Å². The lowest BCUT2D eigenvalue weighted by Crippen LogP contribution is -2.37. The van der Waals surface area contributed by atoms with E-state index in [-0.39, 0.29) is 24.8 Å². The molecule has 2 heterocycles. The van der Waals surface area contributed by atoms with Crippen LogP contribution in [0.1, 0.15) is 38.3 Å². The van der Waals surface area contributed by atoms with Gasteiger partial charge in [-0.2, -0.15) is 5.10 Å². The first-order chi connectivity index (χ1) is 16.4. The van der Waals surface area contributed by atoms with Crippen LogP contribution in [0.25, 0.3) is 11.1 Å². The van der Waals surface area contributed by atoms with E-state index in [0.29, 0.717) is 32.3 Å². The molecule has 1 atom stereocenters. The van der Waals surface area contributed by atoms with Gasteiger partial charge in [0.2, 0.25) is 0 Å². The van der Waals surface area contributed by atoms with Crippen LogP contribution in [0.2, 0.25) is 10.0 Å². The van der Waals surface area contributed by atoms with E-state index in [1.165, 1.54) is 4.90 Å². The molecule has 1 aliphatic rings. The van der Waals surface area contributed by atoms with Crippen LogP contribution < -0.4 is 0 Å². The van der Waals surface area contributed by atoms with Crippen LogP contribution in [0.15, 0.2) is 79.1 Å². The fraction of sp³-hybridized carbons (Fsp3) is 0.115. The summed E-state index contributed by atoms with van der Waals surface area (Å²) in [7, 11) is 0. The number of aromatic amines is 1. The number of H-pyrrole nitrogens is 1. The monoisotopic (exact) mass is 491 g/mol. The van der Waals surface area contributed by atoms with Crippen LogP contribution in [-0.2, 0) is 5.60 Å². The van der Waals surface area contributed by atoms with E-state index < -0.39 is 5.60 Å². The maximum Gasteiger partial charge on any atom is 0.261 e. The van der Waals surface area contributed by atoms with E-state index in [2.05, 4.69) is 10.2 Å². The molecule has 0 bridgehead atoms. The van der Waals surface area contributed by atoms with Gasteiger partial charge in [-0.3, -0.25) is 19.6 Å². The number of carbonyl (C=O) groups is 2. The second-order valence-corrected chi connectivity index (χ2v) is 8.93. The molecular weight excluding hydrogens is 473 g/mol. The van der Waals surface area contributed by atoms with Crippen LogP contribution in [0.4, 0.5) is 0 Å². The van der Waals surface area contributed by atoms with Gasteiger partial charge in [0.15, 0.2) is 0 Å². The Morgan fingerprint density at radius 1 is 0.853 bits per heavy atom. The lowest BCUT2D eigenvalue weighted by atomic mass is 9.83. The summed E-state index contributed by atoms with van der Waals surface area (Å²) in [6, 6.07) is 19.0. The molecule has 1 unspecified atom stereocenters. The Balaban J connectivity index is 1.49. The van der Waals surface area contributed by atoms with Crippen LogP contribution >= 0.6 is 23.2 Å². The molecule has 0 aliphatic carbocycles. The third-order valence-electron chi connectivity index (χ3n) is 6.17. The van der Waals surface area contributed by atoms with Crippen LogP contribution in [-0.4, -0.2) is 38.6 Å². The Bertz CT molecular complexity index is 1350. The number of hydrogen-bond donors (Lipinski definition) is 2. The van der Waals surface area contributed by atoms with Crippen molar-refractivity contribution in [2.24, 2.45) is 0 Å². The first kappa shape index (κ1) is 22.3. The van der Waals surface area contributed by atoms with Gasteiger partial charge in [-0.25, -0.2) is 0 Å². The number of rotatable bonds is 6. The van der Waals surface area contributed by atoms with Crippen molar-refractivity contribution in [1.82, 2.24) is 15.1 Å². The predicted molar refractivity (Wildman–Crippen MR) is 130 cm³/mol. The number of halogens is 2. The zero-order chi connectivity index (χ0) is 23.9. The van der Waals surface area contributed by atoms with Crippen molar-refractivity contribution < 1.29 is 14.7 Å². The number of nitrogens with zero attached hydrogens (tertiary/aromatic N) is 2. The highest BCUT2D eigenvalue weighted by atomic mass is 35.5. The normalized spacial score (nSPS) is 14.9. The second kappa shape index (κ2) is 8.72. The van der Waals surface area contributed by atoms with Gasteiger partial charge in [0.25, 0.3) is 11.8 Å². The Morgan fingerprint density at radius 3 is 2.09 bits per heavy atom. The van der Waals surface area contributed by atoms with Crippen molar-refractivity contribution in [3.05, 3.63) is 111 Å². The number of carbonyl (C=O) groups excluding carboxylic acids is 2. The van der Waals surface area contributed by atoms with E-state index in [1.807, 2.05) is 24.3 Å². The number of hydrogen-bond acceptors (Lipinski definition) is 4. The van der Waals surface area contributed by atoms with Crippen molar-refractivity contribution in [3.63, 3.8) is 0 Å². The lowest BCUT2D eigenvalue weighted by molar-refractivity contribution is 0.0473. The standard InChI is InChI=1S/C26H19Cl2N3O3/c27-22-10-9-19(13-23(22)28)26(34,18-7-5-16(6-8-18)17-14-29-30-15-17)11-12-31-24(32)20-3-1-2-4-21(20)25(31)33/h1-10,13-15,34H,11-12H2,(H,29,30). The molecule has 8 heteroatoms. The molecule has 1 aromatic heterocycles. The molecule has 3 aromatic carbocycles. The summed E-state index contributed by atoms with van der Waals surface area (Å²) in [5.41, 5.74) is 2.15. The van der Waals surface area contributed by atoms with E-state index in [1.54, 1.807) is 54.9 Å². The van der Waals surface area contributed by atoms with Crippen LogP contribution in [0.3, 0.4) is 0 Å². The highest BCUT2D eigenvalue weighted by Crippen LogP contribution is 2.38. The number of amides is 2. The summed E-state index contributed by atoms with van der Waals surface area (Å²) in [5, 5.41) is 19.4. The number of fused-ring (bicyclic) bond motifs is 1. The maximum atomic E-state index is 12.8. The number of imide groups is 1. The average Bonchev–Trinajstić information content (AvgIpc) is 3.47. The average molecular weight is 492 g/mol. The molecule has 0 spiro atoms. The minimum atomic E-state index is -1.53. The second-order valence-electron chi connectivity index (χ2n) is 8.11. The van der Waals surface area contributed by atoms with Crippen molar-refractivity contribution in [2.75, 3.05) is 6.54 Å². The third kappa shape index (κ3) is 3.80. The minimum Gasteiger partial charge on any atom is -0.380 e. The lowest BCUT2D eigenvalue weighted by Gasteiger charge is -2.31. The number of benzene rings is 3. The number of aliphatic hydroxyl groups is 1. The highest BCUT2D eigenvalue weighted by Gasteiger charge is 2.39.